The number of aryl methyl sites for hydroxylation is 1. The van der Waals surface area contributed by atoms with Crippen molar-refractivity contribution in [1.82, 2.24) is 5.32 Å². The standard InChI is InChI=1S/C18H31N/c1-5-8-17(9-6-2)18(19-4)14-16-12-10-15(7-3)11-13-16/h10-13,17-19H,5-9,14H2,1-4H3. The van der Waals surface area contributed by atoms with Gasteiger partial charge in [0.2, 0.25) is 0 Å². The SMILES string of the molecule is CCCC(CCC)C(Cc1ccc(CC)cc1)NC. The molecular formula is C18H31N. The number of nitrogens with one attached hydrogen (secondary N) is 1. The summed E-state index contributed by atoms with van der Waals surface area (Å²) in [7, 11) is 2.11. The zero-order chi connectivity index (χ0) is 14.1. The Kier molecular flexibility index (Phi) is 7.81. The van der Waals surface area contributed by atoms with Crippen LogP contribution in [0, 0.1) is 5.92 Å². The van der Waals surface area contributed by atoms with E-state index in [2.05, 4.69) is 57.4 Å². The van der Waals surface area contributed by atoms with E-state index >= 15 is 0 Å². The van der Waals surface area contributed by atoms with Crippen LogP contribution in [0.4, 0.5) is 0 Å². The van der Waals surface area contributed by atoms with Crippen LogP contribution in [-0.4, -0.2) is 13.1 Å². The van der Waals surface area contributed by atoms with Crippen LogP contribution < -0.4 is 5.32 Å². The molecule has 1 aromatic rings. The molecule has 0 bridgehead atoms. The summed E-state index contributed by atoms with van der Waals surface area (Å²) in [6.07, 6.45) is 7.54. The van der Waals surface area contributed by atoms with Crippen LogP contribution >= 0.6 is 0 Å². The Balaban J connectivity index is 2.67. The predicted molar refractivity (Wildman–Crippen MR) is 85.7 cm³/mol. The third kappa shape index (κ3) is 5.36. The predicted octanol–water partition coefficient (Wildman–Crippen LogP) is 4.60. The molecule has 0 saturated carbocycles. The first-order valence-electron chi connectivity index (χ1n) is 8.00. The number of rotatable bonds is 9. The van der Waals surface area contributed by atoms with Crippen LogP contribution in [0.15, 0.2) is 24.3 Å². The molecule has 1 rings (SSSR count). The van der Waals surface area contributed by atoms with Gasteiger partial charge in [0, 0.05) is 6.04 Å². The Hall–Kier alpha value is -0.820. The molecule has 108 valence electrons. The van der Waals surface area contributed by atoms with Gasteiger partial charge in [0.15, 0.2) is 0 Å². The molecule has 0 fully saturated rings. The summed E-state index contributed by atoms with van der Waals surface area (Å²) in [6, 6.07) is 9.77. The first-order valence-corrected chi connectivity index (χ1v) is 8.00. The van der Waals surface area contributed by atoms with Gasteiger partial charge in [0.1, 0.15) is 0 Å². The molecule has 0 spiro atoms. The lowest BCUT2D eigenvalue weighted by Crippen LogP contribution is -2.35. The van der Waals surface area contributed by atoms with E-state index in [9.17, 15) is 0 Å². The monoisotopic (exact) mass is 261 g/mol. The average Bonchev–Trinajstić information content (AvgIpc) is 2.45. The van der Waals surface area contributed by atoms with E-state index in [4.69, 9.17) is 0 Å². The molecule has 0 heterocycles. The topological polar surface area (TPSA) is 12.0 Å². The van der Waals surface area contributed by atoms with Gasteiger partial charge < -0.3 is 5.32 Å². The van der Waals surface area contributed by atoms with Gasteiger partial charge in [-0.25, -0.2) is 0 Å². The Morgan fingerprint density at radius 2 is 1.42 bits per heavy atom. The number of likely N-dealkylation sites (N-methyl/N-ethyl adjacent to an activating group) is 1. The molecule has 0 aliphatic heterocycles. The van der Waals surface area contributed by atoms with E-state index in [1.165, 1.54) is 36.8 Å². The van der Waals surface area contributed by atoms with Crippen molar-refractivity contribution in [3.63, 3.8) is 0 Å². The highest BCUT2D eigenvalue weighted by Gasteiger charge is 2.18. The first-order chi connectivity index (χ1) is 9.24. The van der Waals surface area contributed by atoms with Gasteiger partial charge in [0.05, 0.1) is 0 Å². The Morgan fingerprint density at radius 3 is 1.84 bits per heavy atom. The van der Waals surface area contributed by atoms with E-state index in [1.807, 2.05) is 0 Å². The van der Waals surface area contributed by atoms with Crippen LogP contribution in [0.5, 0.6) is 0 Å². The summed E-state index contributed by atoms with van der Waals surface area (Å²) in [4.78, 5) is 0. The fraction of sp³-hybridized carbons (Fsp3) is 0.667. The molecule has 0 saturated heterocycles. The molecular weight excluding hydrogens is 230 g/mol. The summed E-state index contributed by atoms with van der Waals surface area (Å²) in [5.74, 6) is 0.811. The van der Waals surface area contributed by atoms with Crippen molar-refractivity contribution >= 4 is 0 Å². The quantitative estimate of drug-likeness (QED) is 0.685. The molecule has 1 aromatic carbocycles. The van der Waals surface area contributed by atoms with E-state index in [-0.39, 0.29) is 0 Å². The van der Waals surface area contributed by atoms with Crippen molar-refractivity contribution in [1.29, 1.82) is 0 Å². The molecule has 19 heavy (non-hydrogen) atoms. The average molecular weight is 261 g/mol. The third-order valence-corrected chi connectivity index (χ3v) is 4.15. The second kappa shape index (κ2) is 9.14. The zero-order valence-electron chi connectivity index (χ0n) is 13.2. The van der Waals surface area contributed by atoms with Crippen molar-refractivity contribution < 1.29 is 0 Å². The fourth-order valence-electron chi connectivity index (χ4n) is 2.96. The van der Waals surface area contributed by atoms with Crippen molar-refractivity contribution in [2.75, 3.05) is 7.05 Å². The highest BCUT2D eigenvalue weighted by atomic mass is 14.9. The molecule has 0 aromatic heterocycles. The normalized spacial score (nSPS) is 12.9. The number of benzene rings is 1. The highest BCUT2D eigenvalue weighted by molar-refractivity contribution is 5.23. The minimum Gasteiger partial charge on any atom is -0.316 e. The zero-order valence-corrected chi connectivity index (χ0v) is 13.2. The maximum atomic E-state index is 3.55. The Labute approximate surface area is 119 Å². The van der Waals surface area contributed by atoms with Crippen molar-refractivity contribution in [2.45, 2.75) is 65.3 Å². The molecule has 0 amide bonds. The molecule has 1 unspecified atom stereocenters. The smallest absolute Gasteiger partial charge is 0.0133 e. The third-order valence-electron chi connectivity index (χ3n) is 4.15. The largest absolute Gasteiger partial charge is 0.316 e. The van der Waals surface area contributed by atoms with E-state index in [0.29, 0.717) is 6.04 Å². The van der Waals surface area contributed by atoms with Gasteiger partial charge in [-0.2, -0.15) is 0 Å². The minimum atomic E-state index is 0.618. The maximum absolute atomic E-state index is 3.55. The highest BCUT2D eigenvalue weighted by Crippen LogP contribution is 2.21. The van der Waals surface area contributed by atoms with Gasteiger partial charge >= 0.3 is 0 Å². The fourth-order valence-corrected chi connectivity index (χ4v) is 2.96. The summed E-state index contributed by atoms with van der Waals surface area (Å²) in [6.45, 7) is 6.81. The molecule has 1 nitrogen and oxygen atoms in total. The molecule has 1 heteroatoms. The Morgan fingerprint density at radius 1 is 0.895 bits per heavy atom. The van der Waals surface area contributed by atoms with Gasteiger partial charge in [0.25, 0.3) is 0 Å². The summed E-state index contributed by atoms with van der Waals surface area (Å²) in [5, 5.41) is 3.55. The molecule has 0 aliphatic rings. The van der Waals surface area contributed by atoms with Crippen molar-refractivity contribution in [2.24, 2.45) is 5.92 Å². The lowest BCUT2D eigenvalue weighted by atomic mass is 9.86. The van der Waals surface area contributed by atoms with Gasteiger partial charge in [-0.15, -0.1) is 0 Å². The van der Waals surface area contributed by atoms with Crippen molar-refractivity contribution in [3.8, 4) is 0 Å². The van der Waals surface area contributed by atoms with Crippen molar-refractivity contribution in [3.05, 3.63) is 35.4 Å². The minimum absolute atomic E-state index is 0.618. The van der Waals surface area contributed by atoms with Crippen LogP contribution in [0.25, 0.3) is 0 Å². The van der Waals surface area contributed by atoms with Crippen LogP contribution in [-0.2, 0) is 12.8 Å². The van der Waals surface area contributed by atoms with Gasteiger partial charge in [-0.1, -0.05) is 57.9 Å². The van der Waals surface area contributed by atoms with Gasteiger partial charge in [-0.3, -0.25) is 0 Å². The first kappa shape index (κ1) is 16.2. The van der Waals surface area contributed by atoms with Crippen LogP contribution in [0.2, 0.25) is 0 Å². The van der Waals surface area contributed by atoms with Gasteiger partial charge in [-0.05, 0) is 49.8 Å². The van der Waals surface area contributed by atoms with Crippen LogP contribution in [0.3, 0.4) is 0 Å². The lowest BCUT2D eigenvalue weighted by Gasteiger charge is -2.26. The number of hydrogen-bond acceptors (Lipinski definition) is 1. The van der Waals surface area contributed by atoms with Crippen LogP contribution in [0.1, 0.15) is 57.6 Å². The number of hydrogen-bond donors (Lipinski definition) is 1. The Bertz CT molecular complexity index is 322. The summed E-state index contributed by atoms with van der Waals surface area (Å²) in [5.41, 5.74) is 2.90. The molecule has 0 radical (unpaired) electrons. The molecule has 1 N–H and O–H groups in total. The lowest BCUT2D eigenvalue weighted by molar-refractivity contribution is 0.322. The van der Waals surface area contributed by atoms with E-state index in [1.54, 1.807) is 0 Å². The van der Waals surface area contributed by atoms with E-state index < -0.39 is 0 Å². The molecule has 0 aliphatic carbocycles. The second-order valence-electron chi connectivity index (χ2n) is 5.61. The van der Waals surface area contributed by atoms with E-state index in [0.717, 1.165) is 18.8 Å². The second-order valence-corrected chi connectivity index (χ2v) is 5.61. The molecule has 1 atom stereocenters. The maximum Gasteiger partial charge on any atom is 0.0133 e. The summed E-state index contributed by atoms with van der Waals surface area (Å²) >= 11 is 0. The summed E-state index contributed by atoms with van der Waals surface area (Å²) < 4.78 is 0.